The standard InChI is InChI=1S/C14H18N2O2/c17-14-16(10-9-15-7-3-4-8-15)11-12-5-1-2-6-13(12)18-14/h1-2,5-6H,3-4,7-11H2. The SMILES string of the molecule is O=C1Oc2ccccc2CN1CCN1CCCC1. The van der Waals surface area contributed by atoms with E-state index in [0.717, 1.165) is 18.7 Å². The number of rotatable bonds is 3. The molecule has 2 aliphatic rings. The first-order valence-corrected chi connectivity index (χ1v) is 6.60. The van der Waals surface area contributed by atoms with Crippen molar-refractivity contribution in [3.63, 3.8) is 0 Å². The topological polar surface area (TPSA) is 32.8 Å². The Labute approximate surface area is 107 Å². The third-order valence-electron chi connectivity index (χ3n) is 3.67. The molecule has 0 aliphatic carbocycles. The van der Waals surface area contributed by atoms with Crippen molar-refractivity contribution in [2.75, 3.05) is 26.2 Å². The molecule has 0 saturated carbocycles. The van der Waals surface area contributed by atoms with E-state index in [1.165, 1.54) is 25.9 Å². The fourth-order valence-electron chi connectivity index (χ4n) is 2.60. The van der Waals surface area contributed by atoms with E-state index in [-0.39, 0.29) is 6.09 Å². The zero-order valence-electron chi connectivity index (χ0n) is 10.5. The van der Waals surface area contributed by atoms with E-state index in [1.54, 1.807) is 4.90 Å². The normalized spacial score (nSPS) is 19.8. The molecule has 3 rings (SSSR count). The number of likely N-dealkylation sites (tertiary alicyclic amines) is 1. The van der Waals surface area contributed by atoms with Crippen molar-refractivity contribution in [2.45, 2.75) is 19.4 Å². The highest BCUT2D eigenvalue weighted by atomic mass is 16.6. The van der Waals surface area contributed by atoms with E-state index in [1.807, 2.05) is 24.3 Å². The van der Waals surface area contributed by atoms with Crippen molar-refractivity contribution in [1.82, 2.24) is 9.80 Å². The molecule has 4 nitrogen and oxygen atoms in total. The number of carbonyl (C=O) groups excluding carboxylic acids is 1. The Morgan fingerprint density at radius 3 is 2.72 bits per heavy atom. The molecule has 1 saturated heterocycles. The third kappa shape index (κ3) is 2.34. The van der Waals surface area contributed by atoms with E-state index in [9.17, 15) is 4.79 Å². The van der Waals surface area contributed by atoms with Crippen LogP contribution in [0.25, 0.3) is 0 Å². The van der Waals surface area contributed by atoms with Crippen LogP contribution in [0.4, 0.5) is 4.79 Å². The van der Waals surface area contributed by atoms with E-state index >= 15 is 0 Å². The summed E-state index contributed by atoms with van der Waals surface area (Å²) in [6.45, 7) is 4.71. The van der Waals surface area contributed by atoms with Crippen molar-refractivity contribution in [3.05, 3.63) is 29.8 Å². The summed E-state index contributed by atoms with van der Waals surface area (Å²) in [5.41, 5.74) is 1.10. The number of ether oxygens (including phenoxy) is 1. The Balaban J connectivity index is 1.62. The van der Waals surface area contributed by atoms with Gasteiger partial charge in [-0.3, -0.25) is 0 Å². The molecule has 0 unspecified atom stereocenters. The quantitative estimate of drug-likeness (QED) is 0.818. The summed E-state index contributed by atoms with van der Waals surface area (Å²) in [5, 5.41) is 0. The van der Waals surface area contributed by atoms with Gasteiger partial charge >= 0.3 is 6.09 Å². The molecule has 0 atom stereocenters. The molecule has 2 heterocycles. The number of fused-ring (bicyclic) bond motifs is 1. The number of para-hydroxylation sites is 1. The highest BCUT2D eigenvalue weighted by molar-refractivity contribution is 5.73. The van der Waals surface area contributed by atoms with Gasteiger partial charge in [-0.25, -0.2) is 4.79 Å². The third-order valence-corrected chi connectivity index (χ3v) is 3.67. The van der Waals surface area contributed by atoms with Crippen LogP contribution in [-0.4, -0.2) is 42.1 Å². The number of hydrogen-bond donors (Lipinski definition) is 0. The maximum Gasteiger partial charge on any atom is 0.415 e. The van der Waals surface area contributed by atoms with Crippen LogP contribution >= 0.6 is 0 Å². The number of hydrogen-bond acceptors (Lipinski definition) is 3. The molecule has 1 aromatic rings. The van der Waals surface area contributed by atoms with E-state index in [4.69, 9.17) is 4.74 Å². The molecule has 1 fully saturated rings. The lowest BCUT2D eigenvalue weighted by molar-refractivity contribution is 0.132. The average Bonchev–Trinajstić information content (AvgIpc) is 2.89. The van der Waals surface area contributed by atoms with Gasteiger partial charge in [-0.05, 0) is 32.0 Å². The van der Waals surface area contributed by atoms with Crippen LogP contribution in [0.15, 0.2) is 24.3 Å². The molecule has 18 heavy (non-hydrogen) atoms. The van der Waals surface area contributed by atoms with Crippen LogP contribution < -0.4 is 4.74 Å². The molecule has 0 radical (unpaired) electrons. The summed E-state index contributed by atoms with van der Waals surface area (Å²) in [4.78, 5) is 16.0. The van der Waals surface area contributed by atoms with Crippen LogP contribution in [0.5, 0.6) is 5.75 Å². The number of amides is 1. The highest BCUT2D eigenvalue weighted by Crippen LogP contribution is 2.25. The summed E-state index contributed by atoms with van der Waals surface area (Å²) >= 11 is 0. The van der Waals surface area contributed by atoms with Gasteiger partial charge < -0.3 is 14.5 Å². The first kappa shape index (κ1) is 11.5. The Bertz CT molecular complexity index is 441. The van der Waals surface area contributed by atoms with E-state index in [2.05, 4.69) is 4.90 Å². The van der Waals surface area contributed by atoms with Gasteiger partial charge in [-0.1, -0.05) is 18.2 Å². The van der Waals surface area contributed by atoms with E-state index in [0.29, 0.717) is 12.3 Å². The lowest BCUT2D eigenvalue weighted by Gasteiger charge is -2.29. The van der Waals surface area contributed by atoms with Crippen molar-refractivity contribution < 1.29 is 9.53 Å². The molecule has 2 aliphatic heterocycles. The fourth-order valence-corrected chi connectivity index (χ4v) is 2.60. The lowest BCUT2D eigenvalue weighted by Crippen LogP contribution is -2.41. The smallest absolute Gasteiger partial charge is 0.410 e. The molecule has 96 valence electrons. The molecular weight excluding hydrogens is 228 g/mol. The summed E-state index contributed by atoms with van der Waals surface area (Å²) in [6, 6.07) is 7.75. The average molecular weight is 246 g/mol. The molecular formula is C14H18N2O2. The predicted octanol–water partition coefficient (Wildman–Crippen LogP) is 2.10. The lowest BCUT2D eigenvalue weighted by atomic mass is 10.1. The van der Waals surface area contributed by atoms with Crippen LogP contribution in [0.1, 0.15) is 18.4 Å². The maximum atomic E-state index is 11.8. The second kappa shape index (κ2) is 4.98. The molecule has 0 bridgehead atoms. The predicted molar refractivity (Wildman–Crippen MR) is 68.6 cm³/mol. The maximum absolute atomic E-state index is 11.8. The Morgan fingerprint density at radius 1 is 1.11 bits per heavy atom. The number of carbonyl (C=O) groups is 1. The Hall–Kier alpha value is -1.55. The van der Waals surface area contributed by atoms with Crippen molar-refractivity contribution in [2.24, 2.45) is 0 Å². The molecule has 4 heteroatoms. The van der Waals surface area contributed by atoms with Crippen molar-refractivity contribution >= 4 is 6.09 Å². The fraction of sp³-hybridized carbons (Fsp3) is 0.500. The first-order chi connectivity index (χ1) is 8.83. The van der Waals surface area contributed by atoms with Gasteiger partial charge in [0.15, 0.2) is 0 Å². The molecule has 1 aromatic carbocycles. The van der Waals surface area contributed by atoms with Crippen molar-refractivity contribution in [1.29, 1.82) is 0 Å². The molecule has 0 spiro atoms. The first-order valence-electron chi connectivity index (χ1n) is 6.60. The zero-order valence-corrected chi connectivity index (χ0v) is 10.5. The van der Waals surface area contributed by atoms with Gasteiger partial charge in [-0.15, -0.1) is 0 Å². The summed E-state index contributed by atoms with van der Waals surface area (Å²) in [5.74, 6) is 0.708. The van der Waals surface area contributed by atoms with Gasteiger partial charge in [0.05, 0.1) is 6.54 Å². The van der Waals surface area contributed by atoms with Crippen LogP contribution in [-0.2, 0) is 6.54 Å². The number of benzene rings is 1. The molecule has 0 aromatic heterocycles. The van der Waals surface area contributed by atoms with E-state index < -0.39 is 0 Å². The largest absolute Gasteiger partial charge is 0.415 e. The number of nitrogens with zero attached hydrogens (tertiary/aromatic N) is 2. The van der Waals surface area contributed by atoms with Gasteiger partial charge in [0.2, 0.25) is 0 Å². The Kier molecular flexibility index (Phi) is 3.19. The van der Waals surface area contributed by atoms with Gasteiger partial charge in [0.1, 0.15) is 5.75 Å². The van der Waals surface area contributed by atoms with Gasteiger partial charge in [0, 0.05) is 18.7 Å². The summed E-state index contributed by atoms with van der Waals surface area (Å²) in [7, 11) is 0. The second-order valence-corrected chi connectivity index (χ2v) is 4.95. The summed E-state index contributed by atoms with van der Waals surface area (Å²) < 4.78 is 5.33. The van der Waals surface area contributed by atoms with Crippen LogP contribution in [0.2, 0.25) is 0 Å². The minimum atomic E-state index is -0.215. The minimum Gasteiger partial charge on any atom is -0.410 e. The van der Waals surface area contributed by atoms with Gasteiger partial charge in [-0.2, -0.15) is 0 Å². The van der Waals surface area contributed by atoms with Crippen molar-refractivity contribution in [3.8, 4) is 5.75 Å². The van der Waals surface area contributed by atoms with Crippen LogP contribution in [0, 0.1) is 0 Å². The second-order valence-electron chi connectivity index (χ2n) is 4.95. The highest BCUT2D eigenvalue weighted by Gasteiger charge is 2.25. The molecule has 1 amide bonds. The van der Waals surface area contributed by atoms with Crippen LogP contribution in [0.3, 0.4) is 0 Å². The monoisotopic (exact) mass is 246 g/mol. The van der Waals surface area contributed by atoms with Gasteiger partial charge in [0.25, 0.3) is 0 Å². The Morgan fingerprint density at radius 2 is 1.89 bits per heavy atom. The zero-order chi connectivity index (χ0) is 12.4. The molecule has 0 N–H and O–H groups in total. The minimum absolute atomic E-state index is 0.215. The summed E-state index contributed by atoms with van der Waals surface area (Å²) in [6.07, 6.45) is 2.36.